The van der Waals surface area contributed by atoms with Crippen molar-refractivity contribution >= 4 is 11.3 Å². The number of rotatable bonds is 1. The molecular formula is C9H13NOS. The predicted molar refractivity (Wildman–Crippen MR) is 49.9 cm³/mol. The molecule has 0 bridgehead atoms. The van der Waals surface area contributed by atoms with Gasteiger partial charge in [-0.2, -0.15) is 0 Å². The molecule has 2 rings (SSSR count). The molecule has 3 heteroatoms. The predicted octanol–water partition coefficient (Wildman–Crippen LogP) is 2.42. The summed E-state index contributed by atoms with van der Waals surface area (Å²) in [6, 6.07) is 0. The molecule has 2 nitrogen and oxygen atoms in total. The van der Waals surface area contributed by atoms with Crippen molar-refractivity contribution in [3.05, 3.63) is 10.6 Å². The second-order valence-electron chi connectivity index (χ2n) is 3.11. The molecule has 0 saturated carbocycles. The topological polar surface area (TPSA) is 22.1 Å². The molecule has 1 aromatic heterocycles. The van der Waals surface area contributed by atoms with Crippen LogP contribution in [0.3, 0.4) is 0 Å². The number of thiazole rings is 1. The molecule has 0 saturated heterocycles. The number of aryl methyl sites for hydroxylation is 2. The third-order valence-electron chi connectivity index (χ3n) is 2.25. The summed E-state index contributed by atoms with van der Waals surface area (Å²) >= 11 is 1.72. The fourth-order valence-electron chi connectivity index (χ4n) is 1.59. The Kier molecular flexibility index (Phi) is 2.30. The standard InChI is InChI=1S/C9H13NOS/c1-11-9-10-7-5-3-2-4-6-8(7)12-9/h2-6H2,1H3. The molecule has 0 spiro atoms. The first-order chi connectivity index (χ1) is 5.90. The van der Waals surface area contributed by atoms with E-state index in [0.29, 0.717) is 0 Å². The van der Waals surface area contributed by atoms with Crippen molar-refractivity contribution in [3.63, 3.8) is 0 Å². The summed E-state index contributed by atoms with van der Waals surface area (Å²) in [5, 5.41) is 0.835. The lowest BCUT2D eigenvalue weighted by Crippen LogP contribution is -1.86. The molecule has 0 radical (unpaired) electrons. The summed E-state index contributed by atoms with van der Waals surface area (Å²) in [7, 11) is 1.69. The Morgan fingerprint density at radius 1 is 1.25 bits per heavy atom. The second-order valence-corrected chi connectivity index (χ2v) is 4.16. The van der Waals surface area contributed by atoms with Crippen LogP contribution in [0.4, 0.5) is 0 Å². The minimum Gasteiger partial charge on any atom is -0.473 e. The molecule has 1 heterocycles. The normalized spacial score (nSPS) is 16.8. The number of aromatic nitrogens is 1. The van der Waals surface area contributed by atoms with Crippen LogP contribution >= 0.6 is 11.3 Å². The van der Waals surface area contributed by atoms with E-state index in [1.807, 2.05) is 0 Å². The maximum atomic E-state index is 5.12. The molecule has 1 aliphatic rings. The van der Waals surface area contributed by atoms with E-state index < -0.39 is 0 Å². The largest absolute Gasteiger partial charge is 0.473 e. The van der Waals surface area contributed by atoms with Gasteiger partial charge < -0.3 is 4.74 Å². The highest BCUT2D eigenvalue weighted by Gasteiger charge is 2.13. The van der Waals surface area contributed by atoms with E-state index in [9.17, 15) is 0 Å². The minimum absolute atomic E-state index is 0.835. The number of ether oxygens (including phenoxy) is 1. The van der Waals surface area contributed by atoms with Gasteiger partial charge in [-0.3, -0.25) is 0 Å². The van der Waals surface area contributed by atoms with Crippen LogP contribution in [0.1, 0.15) is 29.8 Å². The minimum atomic E-state index is 0.835. The van der Waals surface area contributed by atoms with Gasteiger partial charge in [-0.05, 0) is 25.7 Å². The van der Waals surface area contributed by atoms with Gasteiger partial charge >= 0.3 is 0 Å². The molecule has 0 unspecified atom stereocenters. The van der Waals surface area contributed by atoms with E-state index in [-0.39, 0.29) is 0 Å². The van der Waals surface area contributed by atoms with Gasteiger partial charge in [0.2, 0.25) is 0 Å². The van der Waals surface area contributed by atoms with Crippen LogP contribution in [-0.4, -0.2) is 12.1 Å². The van der Waals surface area contributed by atoms with Crippen molar-refractivity contribution in [1.82, 2.24) is 4.98 Å². The molecule has 0 fully saturated rings. The number of methoxy groups -OCH3 is 1. The smallest absolute Gasteiger partial charge is 0.273 e. The highest BCUT2D eigenvalue weighted by molar-refractivity contribution is 7.13. The number of hydrogen-bond donors (Lipinski definition) is 0. The summed E-state index contributed by atoms with van der Waals surface area (Å²) in [4.78, 5) is 5.87. The molecule has 0 aliphatic heterocycles. The van der Waals surface area contributed by atoms with Crippen molar-refractivity contribution in [1.29, 1.82) is 0 Å². The molecule has 1 aromatic rings. The Morgan fingerprint density at radius 2 is 2.08 bits per heavy atom. The van der Waals surface area contributed by atoms with Crippen LogP contribution in [-0.2, 0) is 12.8 Å². The average Bonchev–Trinajstić information content (AvgIpc) is 2.37. The van der Waals surface area contributed by atoms with Gasteiger partial charge in [0.1, 0.15) is 0 Å². The number of fused-ring (bicyclic) bond motifs is 1. The van der Waals surface area contributed by atoms with Crippen molar-refractivity contribution < 1.29 is 4.74 Å². The van der Waals surface area contributed by atoms with Crippen LogP contribution in [0.25, 0.3) is 0 Å². The summed E-state index contributed by atoms with van der Waals surface area (Å²) in [6.45, 7) is 0. The van der Waals surface area contributed by atoms with Crippen LogP contribution in [0.5, 0.6) is 5.19 Å². The van der Waals surface area contributed by atoms with E-state index in [1.54, 1.807) is 18.4 Å². The van der Waals surface area contributed by atoms with Crippen molar-refractivity contribution in [2.45, 2.75) is 32.1 Å². The van der Waals surface area contributed by atoms with E-state index in [4.69, 9.17) is 4.74 Å². The van der Waals surface area contributed by atoms with Crippen molar-refractivity contribution in [2.24, 2.45) is 0 Å². The molecule has 12 heavy (non-hydrogen) atoms. The van der Waals surface area contributed by atoms with Crippen LogP contribution in [0, 0.1) is 0 Å². The zero-order valence-corrected chi connectivity index (χ0v) is 8.12. The van der Waals surface area contributed by atoms with Gasteiger partial charge in [-0.1, -0.05) is 17.8 Å². The first-order valence-corrected chi connectivity index (χ1v) is 5.24. The quantitative estimate of drug-likeness (QED) is 0.624. The van der Waals surface area contributed by atoms with Gasteiger partial charge in [0.05, 0.1) is 12.8 Å². The van der Waals surface area contributed by atoms with E-state index in [0.717, 1.165) is 11.6 Å². The number of nitrogens with zero attached hydrogens (tertiary/aromatic N) is 1. The Labute approximate surface area is 76.6 Å². The number of hydrogen-bond acceptors (Lipinski definition) is 3. The first kappa shape index (κ1) is 8.05. The zero-order valence-electron chi connectivity index (χ0n) is 7.30. The highest BCUT2D eigenvalue weighted by atomic mass is 32.1. The highest BCUT2D eigenvalue weighted by Crippen LogP contribution is 2.29. The molecule has 0 N–H and O–H groups in total. The van der Waals surface area contributed by atoms with E-state index in [1.165, 1.54) is 36.3 Å². The van der Waals surface area contributed by atoms with Gasteiger partial charge in [0.15, 0.2) is 0 Å². The van der Waals surface area contributed by atoms with Crippen LogP contribution < -0.4 is 4.74 Å². The van der Waals surface area contributed by atoms with Gasteiger partial charge in [-0.15, -0.1) is 0 Å². The Hall–Kier alpha value is -0.570. The average molecular weight is 183 g/mol. The van der Waals surface area contributed by atoms with Crippen molar-refractivity contribution in [3.8, 4) is 5.19 Å². The Balaban J connectivity index is 2.26. The lowest BCUT2D eigenvalue weighted by molar-refractivity contribution is 0.410. The SMILES string of the molecule is COc1nc2c(s1)CCCCC2. The summed E-state index contributed by atoms with van der Waals surface area (Å²) in [5.74, 6) is 0. The van der Waals surface area contributed by atoms with Crippen LogP contribution in [0.2, 0.25) is 0 Å². The summed E-state index contributed by atoms with van der Waals surface area (Å²) in [5.41, 5.74) is 1.29. The second kappa shape index (κ2) is 3.44. The van der Waals surface area contributed by atoms with E-state index in [2.05, 4.69) is 4.98 Å². The lowest BCUT2D eigenvalue weighted by Gasteiger charge is -1.91. The summed E-state index contributed by atoms with van der Waals surface area (Å²) < 4.78 is 5.12. The first-order valence-electron chi connectivity index (χ1n) is 4.42. The molecule has 0 amide bonds. The lowest BCUT2D eigenvalue weighted by atomic mass is 10.2. The Bertz CT molecular complexity index is 246. The maximum absolute atomic E-state index is 5.12. The Morgan fingerprint density at radius 3 is 2.92 bits per heavy atom. The monoisotopic (exact) mass is 183 g/mol. The fourth-order valence-corrected chi connectivity index (χ4v) is 2.55. The van der Waals surface area contributed by atoms with Gasteiger partial charge in [0.25, 0.3) is 5.19 Å². The van der Waals surface area contributed by atoms with Crippen molar-refractivity contribution in [2.75, 3.05) is 7.11 Å². The third-order valence-corrected chi connectivity index (χ3v) is 3.37. The molecule has 1 aliphatic carbocycles. The van der Waals surface area contributed by atoms with Gasteiger partial charge in [0, 0.05) is 4.88 Å². The zero-order chi connectivity index (χ0) is 8.39. The third kappa shape index (κ3) is 1.46. The van der Waals surface area contributed by atoms with E-state index >= 15 is 0 Å². The van der Waals surface area contributed by atoms with Gasteiger partial charge in [-0.25, -0.2) is 4.98 Å². The molecule has 0 aromatic carbocycles. The molecular weight excluding hydrogens is 170 g/mol. The summed E-state index contributed by atoms with van der Waals surface area (Å²) in [6.07, 6.45) is 6.31. The maximum Gasteiger partial charge on any atom is 0.273 e. The fraction of sp³-hybridized carbons (Fsp3) is 0.667. The molecule has 0 atom stereocenters. The molecule has 66 valence electrons. The van der Waals surface area contributed by atoms with Crippen LogP contribution in [0.15, 0.2) is 0 Å².